The van der Waals surface area contributed by atoms with Crippen LogP contribution in [0.15, 0.2) is 46.9 Å². The number of likely N-dealkylation sites (N-methyl/N-ethyl adjacent to an activating group) is 1. The maximum absolute atomic E-state index is 6.08. The van der Waals surface area contributed by atoms with E-state index in [4.69, 9.17) is 9.47 Å². The van der Waals surface area contributed by atoms with E-state index in [9.17, 15) is 0 Å². The zero-order chi connectivity index (χ0) is 19.1. The number of methoxy groups -OCH3 is 1. The average molecular weight is 434 g/mol. The van der Waals surface area contributed by atoms with Crippen LogP contribution < -0.4 is 14.8 Å². The summed E-state index contributed by atoms with van der Waals surface area (Å²) in [4.78, 5) is 4.83. The van der Waals surface area contributed by atoms with Crippen molar-refractivity contribution in [3.63, 3.8) is 0 Å². The van der Waals surface area contributed by atoms with Gasteiger partial charge in [0.15, 0.2) is 0 Å². The smallest absolute Gasteiger partial charge is 0.142 e. The van der Waals surface area contributed by atoms with Crippen molar-refractivity contribution >= 4 is 21.6 Å². The zero-order valence-electron chi connectivity index (χ0n) is 16.1. The number of halogens is 1. The molecule has 3 rings (SSSR count). The third-order valence-electron chi connectivity index (χ3n) is 4.87. The summed E-state index contributed by atoms with van der Waals surface area (Å²) in [5.41, 5.74) is 2.09. The lowest BCUT2D eigenvalue weighted by Crippen LogP contribution is -2.45. The van der Waals surface area contributed by atoms with Crippen LogP contribution in [-0.2, 0) is 6.54 Å². The van der Waals surface area contributed by atoms with E-state index >= 15 is 0 Å². The van der Waals surface area contributed by atoms with Crippen molar-refractivity contribution in [3.05, 3.63) is 52.5 Å². The topological polar surface area (TPSA) is 37.0 Å². The van der Waals surface area contributed by atoms with Gasteiger partial charge in [0.1, 0.15) is 18.1 Å². The summed E-state index contributed by atoms with van der Waals surface area (Å²) in [6.45, 7) is 6.82. The number of para-hydroxylation sites is 3. The van der Waals surface area contributed by atoms with E-state index in [2.05, 4.69) is 50.2 Å². The van der Waals surface area contributed by atoms with Crippen LogP contribution in [0.25, 0.3) is 0 Å². The Bertz CT molecular complexity index is 733. The molecule has 1 heterocycles. The van der Waals surface area contributed by atoms with Crippen LogP contribution in [0.3, 0.4) is 0 Å². The van der Waals surface area contributed by atoms with Gasteiger partial charge in [0.2, 0.25) is 0 Å². The minimum absolute atomic E-state index is 0.668. The highest BCUT2D eigenvalue weighted by Gasteiger charge is 2.14. The first-order chi connectivity index (χ1) is 13.2. The lowest BCUT2D eigenvalue weighted by Gasteiger charge is -2.32. The van der Waals surface area contributed by atoms with Crippen LogP contribution in [0.2, 0.25) is 0 Å². The maximum atomic E-state index is 6.08. The highest BCUT2D eigenvalue weighted by molar-refractivity contribution is 9.10. The van der Waals surface area contributed by atoms with Crippen molar-refractivity contribution in [2.75, 3.05) is 58.8 Å². The predicted octanol–water partition coefficient (Wildman–Crippen LogP) is 3.70. The molecule has 27 heavy (non-hydrogen) atoms. The number of ether oxygens (including phenoxy) is 2. The van der Waals surface area contributed by atoms with Crippen molar-refractivity contribution in [2.24, 2.45) is 0 Å². The first kappa shape index (κ1) is 20.0. The second-order valence-corrected chi connectivity index (χ2v) is 7.63. The molecule has 1 N–H and O–H groups in total. The fraction of sp³-hybridized carbons (Fsp3) is 0.429. The Balaban J connectivity index is 1.55. The third-order valence-corrected chi connectivity index (χ3v) is 5.49. The van der Waals surface area contributed by atoms with Crippen LogP contribution in [0.1, 0.15) is 5.56 Å². The molecule has 0 amide bonds. The molecule has 1 aliphatic heterocycles. The van der Waals surface area contributed by atoms with E-state index in [0.29, 0.717) is 13.2 Å². The Labute approximate surface area is 170 Å². The van der Waals surface area contributed by atoms with Gasteiger partial charge in [-0.1, -0.05) is 24.3 Å². The van der Waals surface area contributed by atoms with Crippen LogP contribution in [-0.4, -0.2) is 63.3 Å². The maximum Gasteiger partial charge on any atom is 0.142 e. The fourth-order valence-electron chi connectivity index (χ4n) is 3.21. The van der Waals surface area contributed by atoms with E-state index in [-0.39, 0.29) is 0 Å². The Morgan fingerprint density at radius 3 is 2.59 bits per heavy atom. The van der Waals surface area contributed by atoms with Crippen LogP contribution in [0, 0.1) is 0 Å². The molecule has 0 radical (unpaired) electrons. The van der Waals surface area contributed by atoms with Crippen LogP contribution in [0.4, 0.5) is 5.69 Å². The molecule has 1 fully saturated rings. The summed E-state index contributed by atoms with van der Waals surface area (Å²) >= 11 is 3.54. The number of nitrogens with one attached hydrogen (secondary N) is 1. The summed E-state index contributed by atoms with van der Waals surface area (Å²) in [7, 11) is 3.87. The fourth-order valence-corrected chi connectivity index (χ4v) is 3.78. The van der Waals surface area contributed by atoms with Gasteiger partial charge in [-0.15, -0.1) is 0 Å². The largest absolute Gasteiger partial charge is 0.495 e. The van der Waals surface area contributed by atoms with Gasteiger partial charge in [-0.2, -0.15) is 0 Å². The minimum atomic E-state index is 0.668. The van der Waals surface area contributed by atoms with Crippen molar-refractivity contribution in [3.8, 4) is 11.5 Å². The van der Waals surface area contributed by atoms with Gasteiger partial charge < -0.3 is 19.7 Å². The monoisotopic (exact) mass is 433 g/mol. The molecule has 1 aliphatic rings. The van der Waals surface area contributed by atoms with Gasteiger partial charge in [-0.3, -0.25) is 4.90 Å². The SMILES string of the molecule is COc1c(Br)cccc1CNc1ccccc1OCCN1CCN(C)CC1. The van der Waals surface area contributed by atoms with Gasteiger partial charge in [0.05, 0.1) is 17.3 Å². The summed E-state index contributed by atoms with van der Waals surface area (Å²) in [5, 5.41) is 3.48. The first-order valence-corrected chi connectivity index (χ1v) is 10.1. The van der Waals surface area contributed by atoms with E-state index in [1.54, 1.807) is 7.11 Å². The highest BCUT2D eigenvalue weighted by Crippen LogP contribution is 2.30. The quantitative estimate of drug-likeness (QED) is 0.686. The molecule has 2 aromatic rings. The zero-order valence-corrected chi connectivity index (χ0v) is 17.7. The molecular formula is C21H28BrN3O2. The Morgan fingerprint density at radius 1 is 1.04 bits per heavy atom. The molecule has 0 aromatic heterocycles. The molecular weight excluding hydrogens is 406 g/mol. The number of benzene rings is 2. The van der Waals surface area contributed by atoms with Crippen molar-refractivity contribution in [1.82, 2.24) is 9.80 Å². The summed E-state index contributed by atoms with van der Waals surface area (Å²) < 4.78 is 12.5. The number of piperazine rings is 1. The molecule has 0 aliphatic carbocycles. The third kappa shape index (κ3) is 5.61. The Morgan fingerprint density at radius 2 is 1.81 bits per heavy atom. The summed E-state index contributed by atoms with van der Waals surface area (Å²) in [5.74, 6) is 1.75. The van der Waals surface area contributed by atoms with Gasteiger partial charge in [-0.05, 0) is 41.2 Å². The van der Waals surface area contributed by atoms with Crippen LogP contribution >= 0.6 is 15.9 Å². The molecule has 5 nitrogen and oxygen atoms in total. The van der Waals surface area contributed by atoms with Crippen molar-refractivity contribution in [1.29, 1.82) is 0 Å². The number of nitrogens with zero attached hydrogens (tertiary/aromatic N) is 2. The summed E-state index contributed by atoms with van der Waals surface area (Å²) in [6, 6.07) is 14.2. The van der Waals surface area contributed by atoms with E-state index in [0.717, 1.165) is 59.9 Å². The molecule has 0 saturated carbocycles. The van der Waals surface area contributed by atoms with Crippen molar-refractivity contribution in [2.45, 2.75) is 6.54 Å². The number of hydrogen-bond acceptors (Lipinski definition) is 5. The standard InChI is InChI=1S/C21H28BrN3O2/c1-24-10-12-25(13-11-24)14-15-27-20-9-4-3-8-19(20)23-16-17-6-5-7-18(22)21(17)26-2/h3-9,23H,10-16H2,1-2H3. The molecule has 1 saturated heterocycles. The molecule has 2 aromatic carbocycles. The number of anilines is 1. The lowest BCUT2D eigenvalue weighted by atomic mass is 10.2. The molecule has 0 spiro atoms. The number of hydrogen-bond donors (Lipinski definition) is 1. The molecule has 0 bridgehead atoms. The van der Waals surface area contributed by atoms with E-state index in [1.165, 1.54) is 0 Å². The lowest BCUT2D eigenvalue weighted by molar-refractivity contribution is 0.134. The predicted molar refractivity (Wildman–Crippen MR) is 114 cm³/mol. The van der Waals surface area contributed by atoms with Gasteiger partial charge >= 0.3 is 0 Å². The molecule has 0 atom stereocenters. The second kappa shape index (κ2) is 9.97. The molecule has 146 valence electrons. The first-order valence-electron chi connectivity index (χ1n) is 9.35. The highest BCUT2D eigenvalue weighted by atomic mass is 79.9. The normalized spacial score (nSPS) is 15.5. The second-order valence-electron chi connectivity index (χ2n) is 6.78. The average Bonchev–Trinajstić information content (AvgIpc) is 2.69. The van der Waals surface area contributed by atoms with E-state index < -0.39 is 0 Å². The minimum Gasteiger partial charge on any atom is -0.495 e. The van der Waals surface area contributed by atoms with Gasteiger partial charge in [-0.25, -0.2) is 0 Å². The number of rotatable bonds is 8. The molecule has 0 unspecified atom stereocenters. The van der Waals surface area contributed by atoms with Crippen molar-refractivity contribution < 1.29 is 9.47 Å². The molecule has 6 heteroatoms. The Hall–Kier alpha value is -1.76. The van der Waals surface area contributed by atoms with Crippen LogP contribution in [0.5, 0.6) is 11.5 Å². The van der Waals surface area contributed by atoms with E-state index in [1.807, 2.05) is 30.3 Å². The van der Waals surface area contributed by atoms with Gasteiger partial charge in [0, 0.05) is 44.8 Å². The summed E-state index contributed by atoms with van der Waals surface area (Å²) in [6.07, 6.45) is 0. The Kier molecular flexibility index (Phi) is 7.38. The van der Waals surface area contributed by atoms with Gasteiger partial charge in [0.25, 0.3) is 0 Å².